The van der Waals surface area contributed by atoms with Gasteiger partial charge in [0.1, 0.15) is 17.7 Å². The molecule has 2 heterocycles. The third-order valence-corrected chi connectivity index (χ3v) is 5.06. The van der Waals surface area contributed by atoms with Crippen LogP contribution >= 0.6 is 0 Å². The van der Waals surface area contributed by atoms with E-state index >= 15 is 0 Å². The van der Waals surface area contributed by atoms with Crippen LogP contribution in [0.4, 0.5) is 10.1 Å². The van der Waals surface area contributed by atoms with E-state index in [1.54, 1.807) is 12.1 Å². The Bertz CT molecular complexity index is 987. The van der Waals surface area contributed by atoms with E-state index in [4.69, 9.17) is 4.74 Å². The first-order chi connectivity index (χ1) is 13.6. The van der Waals surface area contributed by atoms with Crippen LogP contribution < -0.4 is 5.32 Å². The lowest BCUT2D eigenvalue weighted by atomic mass is 10.1. The summed E-state index contributed by atoms with van der Waals surface area (Å²) in [4.78, 5) is 22.5. The summed E-state index contributed by atoms with van der Waals surface area (Å²) in [5, 5.41) is 2.97. The van der Waals surface area contributed by atoms with Crippen molar-refractivity contribution in [1.29, 1.82) is 0 Å². The summed E-state index contributed by atoms with van der Waals surface area (Å²) in [6.45, 7) is 4.66. The molecular weight excluding hydrogens is 359 g/mol. The summed E-state index contributed by atoms with van der Waals surface area (Å²) in [6, 6.07) is 11.9. The van der Waals surface area contributed by atoms with Gasteiger partial charge < -0.3 is 15.0 Å². The highest BCUT2D eigenvalue weighted by molar-refractivity contribution is 5.96. The van der Waals surface area contributed by atoms with Crippen LogP contribution in [0.2, 0.25) is 0 Å². The first kappa shape index (κ1) is 18.6. The molecule has 0 bridgehead atoms. The third kappa shape index (κ3) is 3.90. The molecule has 0 radical (unpaired) electrons. The molecule has 4 rings (SSSR count). The predicted molar refractivity (Wildman–Crippen MR) is 106 cm³/mol. The first-order valence-corrected chi connectivity index (χ1v) is 9.48. The maximum absolute atomic E-state index is 13.9. The minimum atomic E-state index is -0.284. The zero-order chi connectivity index (χ0) is 19.5. The average molecular weight is 382 g/mol. The number of H-pyrrole nitrogens is 1. The van der Waals surface area contributed by atoms with Crippen LogP contribution in [-0.4, -0.2) is 53.1 Å². The fourth-order valence-electron chi connectivity index (χ4n) is 3.53. The average Bonchev–Trinajstić information content (AvgIpc) is 3.11. The van der Waals surface area contributed by atoms with E-state index in [2.05, 4.69) is 20.2 Å². The second-order valence-corrected chi connectivity index (χ2v) is 6.89. The minimum Gasteiger partial charge on any atom is -0.378 e. The number of carbonyl (C=O) groups excluding carboxylic acids is 1. The van der Waals surface area contributed by atoms with Gasteiger partial charge in [-0.3, -0.25) is 9.69 Å². The number of hydrogen-bond donors (Lipinski definition) is 2. The molecule has 1 aliphatic heterocycles. The molecule has 0 saturated carbocycles. The number of nitrogens with one attached hydrogen (secondary N) is 2. The number of ether oxygens (including phenoxy) is 1. The first-order valence-electron chi connectivity index (χ1n) is 9.48. The second-order valence-electron chi connectivity index (χ2n) is 6.89. The number of carbonyl (C=O) groups is 1. The number of amides is 1. The number of halogens is 1. The molecule has 2 N–H and O–H groups in total. The number of likely N-dealkylation sites (N-methyl/N-ethyl adjacent to an activating group) is 1. The summed E-state index contributed by atoms with van der Waals surface area (Å²) in [7, 11) is 0. The largest absolute Gasteiger partial charge is 0.378 e. The van der Waals surface area contributed by atoms with E-state index in [0.717, 1.165) is 24.1 Å². The molecule has 28 heavy (non-hydrogen) atoms. The Morgan fingerprint density at radius 3 is 3.04 bits per heavy atom. The molecule has 0 aliphatic carbocycles. The Kier molecular flexibility index (Phi) is 5.36. The van der Waals surface area contributed by atoms with Crippen LogP contribution in [-0.2, 0) is 16.0 Å². The summed E-state index contributed by atoms with van der Waals surface area (Å²) in [5.41, 5.74) is 2.86. The predicted octanol–water partition coefficient (Wildman–Crippen LogP) is 2.95. The fraction of sp³-hybridized carbons (Fsp3) is 0.333. The van der Waals surface area contributed by atoms with Crippen molar-refractivity contribution < 1.29 is 13.9 Å². The van der Waals surface area contributed by atoms with Gasteiger partial charge in [0, 0.05) is 18.7 Å². The van der Waals surface area contributed by atoms with Gasteiger partial charge in [0.2, 0.25) is 5.91 Å². The van der Waals surface area contributed by atoms with Gasteiger partial charge in [0.05, 0.1) is 24.2 Å². The number of morpholine rings is 1. The van der Waals surface area contributed by atoms with Gasteiger partial charge >= 0.3 is 0 Å². The SMILES string of the molecule is CCN1CCOCC1C(=O)Nc1ccc2nc(Cc3ccccc3F)[nH]c2c1. The van der Waals surface area contributed by atoms with E-state index in [1.165, 1.54) is 6.07 Å². The Balaban J connectivity index is 1.50. The topological polar surface area (TPSA) is 70.2 Å². The zero-order valence-electron chi connectivity index (χ0n) is 15.7. The van der Waals surface area contributed by atoms with Gasteiger partial charge in [-0.1, -0.05) is 25.1 Å². The van der Waals surface area contributed by atoms with E-state index in [1.807, 2.05) is 31.2 Å². The van der Waals surface area contributed by atoms with Crippen molar-refractivity contribution in [3.63, 3.8) is 0 Å². The van der Waals surface area contributed by atoms with Gasteiger partial charge in [-0.15, -0.1) is 0 Å². The molecule has 3 aromatic rings. The lowest BCUT2D eigenvalue weighted by Crippen LogP contribution is -2.51. The Labute approximate surface area is 162 Å². The molecular formula is C21H23FN4O2. The molecule has 6 nitrogen and oxygen atoms in total. The van der Waals surface area contributed by atoms with E-state index in [9.17, 15) is 9.18 Å². The Morgan fingerprint density at radius 1 is 1.36 bits per heavy atom. The number of rotatable bonds is 5. The standard InChI is InChI=1S/C21H23FN4O2/c1-2-26-9-10-28-13-19(26)21(27)23-15-7-8-17-18(12-15)25-20(24-17)11-14-5-3-4-6-16(14)22/h3-8,12,19H,2,9-11,13H2,1H3,(H,23,27)(H,24,25). The molecule has 7 heteroatoms. The van der Waals surface area contributed by atoms with Gasteiger partial charge in [0.25, 0.3) is 0 Å². The fourth-order valence-corrected chi connectivity index (χ4v) is 3.53. The molecule has 146 valence electrons. The summed E-state index contributed by atoms with van der Waals surface area (Å²) in [5.74, 6) is 0.361. The van der Waals surface area contributed by atoms with Crippen molar-refractivity contribution in [3.8, 4) is 0 Å². The number of aromatic amines is 1. The molecule has 2 aromatic carbocycles. The van der Waals surface area contributed by atoms with Crippen LogP contribution in [0.5, 0.6) is 0 Å². The minimum absolute atomic E-state index is 0.0769. The van der Waals surface area contributed by atoms with E-state index < -0.39 is 0 Å². The number of benzene rings is 2. The van der Waals surface area contributed by atoms with Crippen molar-refractivity contribution >= 4 is 22.6 Å². The highest BCUT2D eigenvalue weighted by Crippen LogP contribution is 2.20. The molecule has 0 spiro atoms. The molecule has 1 unspecified atom stereocenters. The normalized spacial score (nSPS) is 17.7. The second kappa shape index (κ2) is 8.08. The van der Waals surface area contributed by atoms with E-state index in [0.29, 0.717) is 36.7 Å². The summed E-state index contributed by atoms with van der Waals surface area (Å²) < 4.78 is 19.3. The monoisotopic (exact) mass is 382 g/mol. The van der Waals surface area contributed by atoms with Crippen LogP contribution in [0.1, 0.15) is 18.3 Å². The number of imidazole rings is 1. The maximum Gasteiger partial charge on any atom is 0.244 e. The number of nitrogens with zero attached hydrogens (tertiary/aromatic N) is 2. The van der Waals surface area contributed by atoms with Crippen molar-refractivity contribution in [1.82, 2.24) is 14.9 Å². The maximum atomic E-state index is 13.9. The lowest BCUT2D eigenvalue weighted by molar-refractivity contribution is -0.127. The van der Waals surface area contributed by atoms with Crippen molar-refractivity contribution in [2.75, 3.05) is 31.6 Å². The van der Waals surface area contributed by atoms with Crippen LogP contribution in [0, 0.1) is 5.82 Å². The molecule has 1 atom stereocenters. The van der Waals surface area contributed by atoms with Crippen LogP contribution in [0.25, 0.3) is 11.0 Å². The highest BCUT2D eigenvalue weighted by Gasteiger charge is 2.28. The number of anilines is 1. The third-order valence-electron chi connectivity index (χ3n) is 5.06. The van der Waals surface area contributed by atoms with Crippen LogP contribution in [0.15, 0.2) is 42.5 Å². The molecule has 1 fully saturated rings. The van der Waals surface area contributed by atoms with Crippen molar-refractivity contribution in [3.05, 3.63) is 59.7 Å². The molecule has 1 saturated heterocycles. The van der Waals surface area contributed by atoms with Crippen molar-refractivity contribution in [2.24, 2.45) is 0 Å². The number of fused-ring (bicyclic) bond motifs is 1. The summed E-state index contributed by atoms with van der Waals surface area (Å²) >= 11 is 0. The van der Waals surface area contributed by atoms with Gasteiger partial charge in [-0.2, -0.15) is 0 Å². The quantitative estimate of drug-likeness (QED) is 0.712. The lowest BCUT2D eigenvalue weighted by Gasteiger charge is -2.33. The van der Waals surface area contributed by atoms with E-state index in [-0.39, 0.29) is 17.8 Å². The Morgan fingerprint density at radius 2 is 2.21 bits per heavy atom. The number of aromatic nitrogens is 2. The van der Waals surface area contributed by atoms with Gasteiger partial charge in [-0.25, -0.2) is 9.37 Å². The highest BCUT2D eigenvalue weighted by atomic mass is 19.1. The van der Waals surface area contributed by atoms with Crippen LogP contribution in [0.3, 0.4) is 0 Å². The van der Waals surface area contributed by atoms with Gasteiger partial charge in [0.15, 0.2) is 0 Å². The number of hydrogen-bond acceptors (Lipinski definition) is 4. The molecule has 1 aromatic heterocycles. The molecule has 1 aliphatic rings. The molecule has 1 amide bonds. The van der Waals surface area contributed by atoms with Gasteiger partial charge in [-0.05, 0) is 36.4 Å². The Hall–Kier alpha value is -2.77. The summed E-state index contributed by atoms with van der Waals surface area (Å²) in [6.07, 6.45) is 0.383. The zero-order valence-corrected chi connectivity index (χ0v) is 15.7. The smallest absolute Gasteiger partial charge is 0.244 e. The van der Waals surface area contributed by atoms with Crippen molar-refractivity contribution in [2.45, 2.75) is 19.4 Å².